The van der Waals surface area contributed by atoms with Gasteiger partial charge in [0.15, 0.2) is 0 Å². The molecule has 1 unspecified atom stereocenters. The Hall–Kier alpha value is -4.40. The molecular weight excluding hydrogens is 643 g/mol. The lowest BCUT2D eigenvalue weighted by Gasteiger charge is -2.36. The minimum absolute atomic E-state index is 0.0551. The fourth-order valence-electron chi connectivity index (χ4n) is 6.68. The van der Waals surface area contributed by atoms with Crippen LogP contribution in [0.25, 0.3) is 0 Å². The van der Waals surface area contributed by atoms with Gasteiger partial charge in [0.1, 0.15) is 41.0 Å². The number of aliphatic hydroxyl groups excluding tert-OH is 1. The number of amides is 2. The number of alkyl halides is 3. The fourth-order valence-corrected chi connectivity index (χ4v) is 6.68. The maximum absolute atomic E-state index is 14.3. The first-order valence-corrected chi connectivity index (χ1v) is 16.3. The molecule has 4 heterocycles. The molecule has 2 amide bonds. The predicted molar refractivity (Wildman–Crippen MR) is 171 cm³/mol. The quantitative estimate of drug-likeness (QED) is 0.284. The maximum Gasteiger partial charge on any atom is 0.416 e. The zero-order valence-electron chi connectivity index (χ0n) is 27.3. The highest BCUT2D eigenvalue weighted by Gasteiger charge is 2.59. The second-order valence-corrected chi connectivity index (χ2v) is 13.8. The third-order valence-electron chi connectivity index (χ3n) is 9.18. The van der Waals surface area contributed by atoms with Gasteiger partial charge in [-0.2, -0.15) is 13.2 Å². The number of nitrogens with zero attached hydrogens (tertiary/aromatic N) is 3. The predicted octanol–water partition coefficient (Wildman–Crippen LogP) is 5.34. The lowest BCUT2D eigenvalue weighted by atomic mass is 10.0. The molecule has 0 radical (unpaired) electrons. The summed E-state index contributed by atoms with van der Waals surface area (Å²) in [4.78, 5) is 31.8. The molecule has 260 valence electrons. The number of anilines is 1. The number of carbonyl (C=O) groups excluding carboxylic acids is 2. The highest BCUT2D eigenvalue weighted by Crippen LogP contribution is 2.55. The molecule has 3 N–H and O–H groups in total. The van der Waals surface area contributed by atoms with Crippen LogP contribution in [0.1, 0.15) is 67.2 Å². The number of pyridine rings is 1. The molecule has 49 heavy (non-hydrogen) atoms. The number of hydrogen-bond acceptors (Lipinski definition) is 9. The van der Waals surface area contributed by atoms with Crippen LogP contribution in [0.4, 0.5) is 23.8 Å². The van der Waals surface area contributed by atoms with E-state index >= 15 is 0 Å². The third kappa shape index (κ3) is 7.03. The van der Waals surface area contributed by atoms with Crippen LogP contribution >= 0.6 is 0 Å². The standard InChI is InChI=1S/C35H38F3N5O6/c1-34(2,3)49-33(46)43-14-12-42(13-15-43)18-20-5-4-19(16-24(20)35(36,37)38)32(45)41-29-28-23-17-21(6-8-25(23)48-30(28)29)47-26-10-11-39-31-22(26)7-9-27(44)40-31/h4-6,8,10-11,16-17,28-30,32,41,45H,7,9,12-15,18H2,1-3H3,(H,39,40,44)/t28-,29-,30-,32?/m0/s1. The Morgan fingerprint density at radius 1 is 1.10 bits per heavy atom. The summed E-state index contributed by atoms with van der Waals surface area (Å²) < 4.78 is 60.4. The second kappa shape index (κ2) is 12.5. The number of aromatic nitrogens is 1. The Labute approximate surface area is 281 Å². The Morgan fingerprint density at radius 3 is 2.61 bits per heavy atom. The van der Waals surface area contributed by atoms with E-state index in [1.165, 1.54) is 12.1 Å². The summed E-state index contributed by atoms with van der Waals surface area (Å²) in [6, 6.07) is 10.8. The van der Waals surface area contributed by atoms with Crippen LogP contribution in [-0.4, -0.2) is 75.8 Å². The van der Waals surface area contributed by atoms with E-state index in [-0.39, 0.29) is 41.6 Å². The minimum Gasteiger partial charge on any atom is -0.488 e. The van der Waals surface area contributed by atoms with Gasteiger partial charge in [-0.1, -0.05) is 12.1 Å². The number of hydrogen-bond donors (Lipinski definition) is 3. The monoisotopic (exact) mass is 681 g/mol. The van der Waals surface area contributed by atoms with Gasteiger partial charge in [-0.25, -0.2) is 9.78 Å². The highest BCUT2D eigenvalue weighted by atomic mass is 19.4. The van der Waals surface area contributed by atoms with E-state index in [0.717, 1.165) is 17.2 Å². The van der Waals surface area contributed by atoms with Gasteiger partial charge in [0, 0.05) is 62.4 Å². The van der Waals surface area contributed by atoms with Crippen molar-refractivity contribution in [1.29, 1.82) is 0 Å². The normalized spacial score (nSPS) is 22.3. The van der Waals surface area contributed by atoms with Gasteiger partial charge in [0.2, 0.25) is 5.91 Å². The van der Waals surface area contributed by atoms with Crippen LogP contribution in [0, 0.1) is 0 Å². The van der Waals surface area contributed by atoms with E-state index in [2.05, 4.69) is 15.6 Å². The van der Waals surface area contributed by atoms with E-state index in [0.29, 0.717) is 62.1 Å². The molecule has 4 aliphatic rings. The number of piperazine rings is 1. The summed E-state index contributed by atoms with van der Waals surface area (Å²) in [6.07, 6.45) is -4.27. The van der Waals surface area contributed by atoms with Gasteiger partial charge in [-0.3, -0.25) is 15.0 Å². The molecule has 14 heteroatoms. The second-order valence-electron chi connectivity index (χ2n) is 13.8. The Morgan fingerprint density at radius 2 is 1.88 bits per heavy atom. The van der Waals surface area contributed by atoms with Gasteiger partial charge in [0.05, 0.1) is 11.6 Å². The van der Waals surface area contributed by atoms with Crippen LogP contribution in [0.3, 0.4) is 0 Å². The van der Waals surface area contributed by atoms with Gasteiger partial charge in [-0.15, -0.1) is 0 Å². The number of rotatable bonds is 7. The van der Waals surface area contributed by atoms with E-state index in [9.17, 15) is 27.9 Å². The van der Waals surface area contributed by atoms with Crippen LogP contribution in [0.5, 0.6) is 17.2 Å². The lowest BCUT2D eigenvalue weighted by molar-refractivity contribution is -0.138. The van der Waals surface area contributed by atoms with Crippen molar-refractivity contribution in [2.75, 3.05) is 31.5 Å². The van der Waals surface area contributed by atoms with Crippen LogP contribution in [0.15, 0.2) is 48.7 Å². The Kier molecular flexibility index (Phi) is 8.44. The zero-order valence-corrected chi connectivity index (χ0v) is 27.3. The number of benzene rings is 2. The van der Waals surface area contributed by atoms with E-state index in [1.807, 2.05) is 17.0 Å². The summed E-state index contributed by atoms with van der Waals surface area (Å²) in [5.41, 5.74) is 0.451. The zero-order chi connectivity index (χ0) is 34.7. The highest BCUT2D eigenvalue weighted by molar-refractivity contribution is 5.93. The largest absolute Gasteiger partial charge is 0.488 e. The Balaban J connectivity index is 0.991. The molecule has 2 aromatic carbocycles. The summed E-state index contributed by atoms with van der Waals surface area (Å²) in [5.74, 6) is 2.13. The van der Waals surface area contributed by atoms with Crippen LogP contribution < -0.4 is 20.1 Å². The van der Waals surface area contributed by atoms with Gasteiger partial charge in [-0.05, 0) is 68.7 Å². The molecule has 3 aliphatic heterocycles. The lowest BCUT2D eigenvalue weighted by Crippen LogP contribution is -2.49. The molecule has 3 aromatic rings. The molecule has 1 aromatic heterocycles. The first-order chi connectivity index (χ1) is 23.2. The minimum atomic E-state index is -4.63. The van der Waals surface area contributed by atoms with Gasteiger partial charge in [0.25, 0.3) is 0 Å². The third-order valence-corrected chi connectivity index (χ3v) is 9.18. The molecule has 0 bridgehead atoms. The summed E-state index contributed by atoms with van der Waals surface area (Å²) in [7, 11) is 0. The van der Waals surface area contributed by atoms with Crippen molar-refractivity contribution in [2.24, 2.45) is 0 Å². The molecule has 0 spiro atoms. The molecule has 1 saturated heterocycles. The van der Waals surface area contributed by atoms with Crippen molar-refractivity contribution < 1.29 is 42.1 Å². The number of halogens is 3. The number of nitrogens with one attached hydrogen (secondary N) is 2. The van der Waals surface area contributed by atoms with Crippen molar-refractivity contribution >= 4 is 17.8 Å². The average Bonchev–Trinajstić information content (AvgIpc) is 3.55. The van der Waals surface area contributed by atoms with Crippen LogP contribution in [0.2, 0.25) is 0 Å². The molecule has 2 fully saturated rings. The number of ether oxygens (including phenoxy) is 3. The van der Waals surface area contributed by atoms with E-state index < -0.39 is 29.7 Å². The molecular formula is C35H38F3N5O6. The Bertz CT molecular complexity index is 1770. The first kappa shape index (κ1) is 33.1. The summed E-state index contributed by atoms with van der Waals surface area (Å²) in [5, 5.41) is 16.8. The van der Waals surface area contributed by atoms with Crippen molar-refractivity contribution in [3.8, 4) is 17.2 Å². The van der Waals surface area contributed by atoms with Gasteiger partial charge >= 0.3 is 12.3 Å². The average molecular weight is 682 g/mol. The summed E-state index contributed by atoms with van der Waals surface area (Å²) >= 11 is 0. The van der Waals surface area contributed by atoms with Crippen molar-refractivity contribution in [1.82, 2.24) is 20.1 Å². The maximum atomic E-state index is 14.3. The SMILES string of the molecule is CC(C)(C)OC(=O)N1CCN(Cc2ccc(C(O)N[C@@H]3[C@H]4Oc5ccc(Oc6ccnc7c6CCC(=O)N7)cc5[C@@H]34)cc2C(F)(F)F)CC1. The number of aliphatic hydroxyl groups is 1. The number of fused-ring (bicyclic) bond motifs is 4. The molecule has 1 saturated carbocycles. The molecule has 7 rings (SSSR count). The molecule has 11 nitrogen and oxygen atoms in total. The number of carbonyl (C=O) groups is 2. The molecule has 4 atom stereocenters. The fraction of sp³-hybridized carbons (Fsp3) is 0.457. The van der Waals surface area contributed by atoms with Crippen molar-refractivity contribution in [3.63, 3.8) is 0 Å². The topological polar surface area (TPSA) is 125 Å². The van der Waals surface area contributed by atoms with Gasteiger partial charge < -0.3 is 29.5 Å². The summed E-state index contributed by atoms with van der Waals surface area (Å²) in [6.45, 7) is 6.92. The van der Waals surface area contributed by atoms with E-state index in [1.54, 1.807) is 44.0 Å². The van der Waals surface area contributed by atoms with Crippen molar-refractivity contribution in [2.45, 2.75) is 76.2 Å². The molecule has 1 aliphatic carbocycles. The van der Waals surface area contributed by atoms with Crippen molar-refractivity contribution in [3.05, 3.63) is 76.5 Å². The first-order valence-electron chi connectivity index (χ1n) is 16.3. The van der Waals surface area contributed by atoms with E-state index in [4.69, 9.17) is 14.2 Å². The van der Waals surface area contributed by atoms with Crippen LogP contribution in [-0.2, 0) is 28.7 Å². The smallest absolute Gasteiger partial charge is 0.416 e.